The summed E-state index contributed by atoms with van der Waals surface area (Å²) in [6, 6.07) is 6.27. The first-order chi connectivity index (χ1) is 8.70. The van der Waals surface area contributed by atoms with E-state index in [0.717, 1.165) is 23.7 Å². The molecule has 1 aliphatic rings. The lowest BCUT2D eigenvalue weighted by Crippen LogP contribution is -2.09. The number of aryl methyl sites for hydroxylation is 1. The van der Waals surface area contributed by atoms with E-state index in [-0.39, 0.29) is 5.38 Å². The SMILES string of the molecule is COc1ccc(C)cc1C(Cl)CC1CCCCC1. The lowest BCUT2D eigenvalue weighted by Gasteiger charge is -2.24. The van der Waals surface area contributed by atoms with Crippen molar-refractivity contribution in [3.8, 4) is 5.75 Å². The van der Waals surface area contributed by atoms with Crippen LogP contribution in [0.5, 0.6) is 5.75 Å². The highest BCUT2D eigenvalue weighted by Gasteiger charge is 2.20. The predicted molar refractivity (Wildman–Crippen MR) is 77.5 cm³/mol. The van der Waals surface area contributed by atoms with Crippen molar-refractivity contribution in [1.82, 2.24) is 0 Å². The molecule has 1 nitrogen and oxygen atoms in total. The molecule has 0 N–H and O–H groups in total. The smallest absolute Gasteiger partial charge is 0.123 e. The molecule has 1 unspecified atom stereocenters. The zero-order valence-electron chi connectivity index (χ0n) is 11.4. The maximum Gasteiger partial charge on any atom is 0.123 e. The van der Waals surface area contributed by atoms with Crippen LogP contribution < -0.4 is 4.74 Å². The molecule has 2 heteroatoms. The second kappa shape index (κ2) is 6.47. The maximum absolute atomic E-state index is 6.62. The van der Waals surface area contributed by atoms with Crippen LogP contribution in [-0.4, -0.2) is 7.11 Å². The predicted octanol–water partition coefficient (Wildman–Crippen LogP) is 5.25. The van der Waals surface area contributed by atoms with Crippen molar-refractivity contribution >= 4 is 11.6 Å². The second-order valence-electron chi connectivity index (χ2n) is 5.45. The average Bonchev–Trinajstić information content (AvgIpc) is 2.40. The Labute approximate surface area is 115 Å². The molecule has 1 aliphatic carbocycles. The van der Waals surface area contributed by atoms with Gasteiger partial charge in [-0.15, -0.1) is 11.6 Å². The van der Waals surface area contributed by atoms with E-state index in [2.05, 4.69) is 19.1 Å². The monoisotopic (exact) mass is 266 g/mol. The number of methoxy groups -OCH3 is 1. The van der Waals surface area contributed by atoms with Crippen molar-refractivity contribution in [1.29, 1.82) is 0 Å². The van der Waals surface area contributed by atoms with Crippen LogP contribution in [0.25, 0.3) is 0 Å². The van der Waals surface area contributed by atoms with Gasteiger partial charge in [-0.2, -0.15) is 0 Å². The van der Waals surface area contributed by atoms with Crippen LogP contribution >= 0.6 is 11.6 Å². The van der Waals surface area contributed by atoms with Gasteiger partial charge in [0.2, 0.25) is 0 Å². The molecule has 18 heavy (non-hydrogen) atoms. The molecular weight excluding hydrogens is 244 g/mol. The third kappa shape index (κ3) is 3.41. The lowest BCUT2D eigenvalue weighted by molar-refractivity contribution is 0.333. The van der Waals surface area contributed by atoms with E-state index in [1.165, 1.54) is 37.7 Å². The molecule has 1 saturated carbocycles. The number of rotatable bonds is 4. The first-order valence-corrected chi connectivity index (χ1v) is 7.43. The summed E-state index contributed by atoms with van der Waals surface area (Å²) in [6.45, 7) is 2.10. The van der Waals surface area contributed by atoms with Crippen LogP contribution in [0.3, 0.4) is 0 Å². The zero-order chi connectivity index (χ0) is 13.0. The van der Waals surface area contributed by atoms with Crippen LogP contribution in [0.2, 0.25) is 0 Å². The van der Waals surface area contributed by atoms with Gasteiger partial charge in [-0.3, -0.25) is 0 Å². The first kappa shape index (κ1) is 13.7. The van der Waals surface area contributed by atoms with Gasteiger partial charge in [0.05, 0.1) is 12.5 Å². The highest BCUT2D eigenvalue weighted by atomic mass is 35.5. The minimum absolute atomic E-state index is 0.0861. The highest BCUT2D eigenvalue weighted by Crippen LogP contribution is 2.38. The van der Waals surface area contributed by atoms with E-state index in [4.69, 9.17) is 16.3 Å². The van der Waals surface area contributed by atoms with Crippen molar-refractivity contribution in [3.63, 3.8) is 0 Å². The summed E-state index contributed by atoms with van der Waals surface area (Å²) in [5.41, 5.74) is 2.41. The molecular formula is C16H23ClO. The van der Waals surface area contributed by atoms with Gasteiger partial charge in [-0.1, -0.05) is 49.8 Å². The number of hydrogen-bond donors (Lipinski definition) is 0. The Balaban J connectivity index is 2.07. The molecule has 0 bridgehead atoms. The summed E-state index contributed by atoms with van der Waals surface area (Å²) in [4.78, 5) is 0. The largest absolute Gasteiger partial charge is 0.496 e. The molecule has 1 atom stereocenters. The average molecular weight is 267 g/mol. The molecule has 1 aromatic rings. The summed E-state index contributed by atoms with van der Waals surface area (Å²) in [7, 11) is 1.72. The van der Waals surface area contributed by atoms with Crippen LogP contribution in [0.1, 0.15) is 55.0 Å². The number of hydrogen-bond acceptors (Lipinski definition) is 1. The number of halogens is 1. The zero-order valence-corrected chi connectivity index (χ0v) is 12.2. The van der Waals surface area contributed by atoms with Crippen LogP contribution in [-0.2, 0) is 0 Å². The molecule has 100 valence electrons. The quantitative estimate of drug-likeness (QED) is 0.676. The van der Waals surface area contributed by atoms with Gasteiger partial charge in [-0.05, 0) is 25.3 Å². The lowest BCUT2D eigenvalue weighted by atomic mass is 9.85. The van der Waals surface area contributed by atoms with Gasteiger partial charge in [0.25, 0.3) is 0 Å². The Morgan fingerprint density at radius 2 is 2.00 bits per heavy atom. The topological polar surface area (TPSA) is 9.23 Å². The Morgan fingerprint density at radius 1 is 1.28 bits per heavy atom. The van der Waals surface area contributed by atoms with E-state index in [1.807, 2.05) is 6.07 Å². The Hall–Kier alpha value is -0.690. The second-order valence-corrected chi connectivity index (χ2v) is 5.98. The summed E-state index contributed by atoms with van der Waals surface area (Å²) < 4.78 is 5.43. The Bertz CT molecular complexity index is 383. The fourth-order valence-electron chi connectivity index (χ4n) is 2.94. The van der Waals surface area contributed by atoms with Crippen molar-refractivity contribution in [2.45, 2.75) is 50.8 Å². The van der Waals surface area contributed by atoms with E-state index < -0.39 is 0 Å². The summed E-state index contributed by atoms with van der Waals surface area (Å²) >= 11 is 6.62. The van der Waals surface area contributed by atoms with Gasteiger partial charge in [0, 0.05) is 5.56 Å². The Kier molecular flexibility index (Phi) is 4.94. The number of benzene rings is 1. The van der Waals surface area contributed by atoms with Crippen LogP contribution in [0.15, 0.2) is 18.2 Å². The third-order valence-electron chi connectivity index (χ3n) is 3.99. The van der Waals surface area contributed by atoms with E-state index in [1.54, 1.807) is 7.11 Å². The normalized spacial score (nSPS) is 18.6. The molecule has 0 spiro atoms. The van der Waals surface area contributed by atoms with Crippen molar-refractivity contribution in [2.75, 3.05) is 7.11 Å². The van der Waals surface area contributed by atoms with E-state index in [9.17, 15) is 0 Å². The molecule has 0 aliphatic heterocycles. The third-order valence-corrected chi connectivity index (χ3v) is 4.40. The fourth-order valence-corrected chi connectivity index (χ4v) is 3.36. The van der Waals surface area contributed by atoms with Crippen molar-refractivity contribution in [2.24, 2.45) is 5.92 Å². The molecule has 0 amide bonds. The fraction of sp³-hybridized carbons (Fsp3) is 0.625. The highest BCUT2D eigenvalue weighted by molar-refractivity contribution is 6.21. The van der Waals surface area contributed by atoms with Crippen LogP contribution in [0.4, 0.5) is 0 Å². The number of alkyl halides is 1. The summed E-state index contributed by atoms with van der Waals surface area (Å²) in [5.74, 6) is 1.72. The molecule has 0 aromatic heterocycles. The molecule has 2 rings (SSSR count). The standard InChI is InChI=1S/C16H23ClO/c1-12-8-9-16(18-2)14(10-12)15(17)11-13-6-4-3-5-7-13/h8-10,13,15H,3-7,11H2,1-2H3. The van der Waals surface area contributed by atoms with E-state index in [0.29, 0.717) is 0 Å². The Morgan fingerprint density at radius 3 is 2.67 bits per heavy atom. The molecule has 0 radical (unpaired) electrons. The summed E-state index contributed by atoms with van der Waals surface area (Å²) in [6.07, 6.45) is 7.92. The van der Waals surface area contributed by atoms with Gasteiger partial charge in [0.1, 0.15) is 5.75 Å². The molecule has 0 heterocycles. The van der Waals surface area contributed by atoms with Gasteiger partial charge in [-0.25, -0.2) is 0 Å². The molecule has 1 fully saturated rings. The van der Waals surface area contributed by atoms with Gasteiger partial charge < -0.3 is 4.74 Å². The van der Waals surface area contributed by atoms with Crippen LogP contribution in [0, 0.1) is 12.8 Å². The van der Waals surface area contributed by atoms with Gasteiger partial charge >= 0.3 is 0 Å². The first-order valence-electron chi connectivity index (χ1n) is 6.99. The van der Waals surface area contributed by atoms with Gasteiger partial charge in [0.15, 0.2) is 0 Å². The minimum atomic E-state index is 0.0861. The minimum Gasteiger partial charge on any atom is -0.496 e. The van der Waals surface area contributed by atoms with Crippen molar-refractivity contribution in [3.05, 3.63) is 29.3 Å². The summed E-state index contributed by atoms with van der Waals surface area (Å²) in [5, 5.41) is 0.0861. The molecule has 0 saturated heterocycles. The maximum atomic E-state index is 6.62. The molecule has 1 aromatic carbocycles. The van der Waals surface area contributed by atoms with Crippen molar-refractivity contribution < 1.29 is 4.74 Å². The van der Waals surface area contributed by atoms with E-state index >= 15 is 0 Å². The number of ether oxygens (including phenoxy) is 1.